The topological polar surface area (TPSA) is 0 Å². The maximum absolute atomic E-state index is 4.17. The normalized spacial score (nSPS) is 13.6. The number of thioether (sulfide) groups is 1. The molecule has 150 valence electrons. The first kappa shape index (κ1) is 25.9. The molecular formula is C24H15BrCl2S2Zr-2. The average Bonchev–Trinajstić information content (AvgIpc) is 3.42. The van der Waals surface area contributed by atoms with E-state index in [0.717, 1.165) is 34.9 Å². The molecule has 6 heteroatoms. The third-order valence-corrected chi connectivity index (χ3v) is 6.95. The van der Waals surface area contributed by atoms with Crippen molar-refractivity contribution < 1.29 is 47.5 Å². The van der Waals surface area contributed by atoms with Gasteiger partial charge in [0.25, 0.3) is 0 Å². The zero-order chi connectivity index (χ0) is 19.5. The van der Waals surface area contributed by atoms with E-state index in [1.807, 2.05) is 30.0 Å². The molecule has 0 amide bonds. The van der Waals surface area contributed by atoms with Gasteiger partial charge in [0.05, 0.1) is 0 Å². The molecule has 0 nitrogen and oxygen atoms in total. The van der Waals surface area contributed by atoms with Crippen LogP contribution < -0.4 is 24.8 Å². The first-order valence-corrected chi connectivity index (χ1v) is 14.0. The summed E-state index contributed by atoms with van der Waals surface area (Å²) in [5, 5.41) is 0. The smallest absolute Gasteiger partial charge is 0.0454 e. The fourth-order valence-electron chi connectivity index (χ4n) is 3.76. The van der Waals surface area contributed by atoms with E-state index in [0.29, 0.717) is 0 Å². The van der Waals surface area contributed by atoms with E-state index >= 15 is 0 Å². The van der Waals surface area contributed by atoms with Crippen LogP contribution in [0.1, 0.15) is 22.3 Å². The minimum Gasteiger partial charge on any atom is -0.147 e. The van der Waals surface area contributed by atoms with Gasteiger partial charge < -0.3 is 24.8 Å². The van der Waals surface area contributed by atoms with Gasteiger partial charge in [-0.25, -0.2) is 0 Å². The van der Waals surface area contributed by atoms with Crippen molar-refractivity contribution in [2.75, 3.05) is 5.75 Å². The Morgan fingerprint density at radius 3 is 2.37 bits per heavy atom. The summed E-state index contributed by atoms with van der Waals surface area (Å²) in [6.07, 6.45) is 3.31. The summed E-state index contributed by atoms with van der Waals surface area (Å²) >= 11 is 6.60. The molecule has 0 saturated carbocycles. The van der Waals surface area contributed by atoms with Crippen LogP contribution in [0, 0.1) is 12.1 Å². The molecule has 1 heterocycles. The summed E-state index contributed by atoms with van der Waals surface area (Å²) in [4.78, 5) is 0. The molecule has 1 aliphatic heterocycles. The molecule has 0 saturated heterocycles. The molecule has 0 aromatic heterocycles. The summed E-state index contributed by atoms with van der Waals surface area (Å²) < 4.78 is 1.28. The predicted octanol–water partition coefficient (Wildman–Crippen LogP) is 1.41. The van der Waals surface area contributed by atoms with Gasteiger partial charge in [-0.3, -0.25) is 0 Å². The number of halogens is 3. The number of rotatable bonds is 0. The second-order valence-electron chi connectivity index (χ2n) is 6.51. The summed E-state index contributed by atoms with van der Waals surface area (Å²) in [6, 6.07) is 27.5. The van der Waals surface area contributed by atoms with Crippen LogP contribution >= 0.6 is 36.5 Å². The molecule has 0 atom stereocenters. The molecule has 0 N–H and O–H groups in total. The number of benzene rings is 3. The van der Waals surface area contributed by atoms with Crippen LogP contribution in [0.2, 0.25) is 0 Å². The van der Waals surface area contributed by atoms with Gasteiger partial charge >= 0.3 is 31.5 Å². The third kappa shape index (κ3) is 5.17. The van der Waals surface area contributed by atoms with Gasteiger partial charge in [0.1, 0.15) is 0 Å². The van der Waals surface area contributed by atoms with E-state index in [-0.39, 0.29) is 24.8 Å². The molecule has 30 heavy (non-hydrogen) atoms. The van der Waals surface area contributed by atoms with E-state index < -0.39 is 0 Å². The zero-order valence-electron chi connectivity index (χ0n) is 15.7. The van der Waals surface area contributed by atoms with Gasteiger partial charge in [0, 0.05) is 9.57 Å². The Kier molecular flexibility index (Phi) is 10.4. The van der Waals surface area contributed by atoms with Gasteiger partial charge in [-0.1, -0.05) is 41.0 Å². The van der Waals surface area contributed by atoms with Gasteiger partial charge in [0.2, 0.25) is 0 Å². The van der Waals surface area contributed by atoms with Crippen LogP contribution in [-0.4, -0.2) is 5.75 Å². The first-order chi connectivity index (χ1) is 13.8. The molecule has 0 fully saturated rings. The Bertz CT molecular complexity index is 1070. The summed E-state index contributed by atoms with van der Waals surface area (Å²) in [6.45, 7) is 0. The molecule has 0 spiro atoms. The number of fused-ring (bicyclic) bond motifs is 6. The summed E-state index contributed by atoms with van der Waals surface area (Å²) in [5.74, 6) is 1.10. The van der Waals surface area contributed by atoms with Crippen LogP contribution in [0.4, 0.5) is 0 Å². The molecule has 0 unspecified atom stereocenters. The van der Waals surface area contributed by atoms with Crippen molar-refractivity contribution in [1.82, 2.24) is 0 Å². The number of hydrogen-bond donors (Lipinski definition) is 0. The van der Waals surface area contributed by atoms with Crippen molar-refractivity contribution in [3.63, 3.8) is 0 Å². The van der Waals surface area contributed by atoms with Crippen LogP contribution in [0.5, 0.6) is 0 Å². The van der Waals surface area contributed by atoms with Crippen molar-refractivity contribution in [3.05, 3.63) is 104 Å². The number of hydrogen-bond acceptors (Lipinski definition) is 2. The van der Waals surface area contributed by atoms with E-state index in [2.05, 4.69) is 85.5 Å². The van der Waals surface area contributed by atoms with Gasteiger partial charge in [0.15, 0.2) is 0 Å². The fourth-order valence-corrected chi connectivity index (χ4v) is 5.47. The Morgan fingerprint density at radius 2 is 1.53 bits per heavy atom. The molecule has 0 radical (unpaired) electrons. The SMILES string of the molecule is BrC1=C2C(=Cc3[c-]cccc32)CS1.[Cl-].[Cl-].[S]=[Zr+2].[c-]1cccc2c1-c1ccccc1C2. The van der Waals surface area contributed by atoms with Crippen LogP contribution in [0.25, 0.3) is 22.8 Å². The number of allylic oxidation sites excluding steroid dienone is 1. The Morgan fingerprint density at radius 1 is 0.867 bits per heavy atom. The maximum Gasteiger partial charge on any atom is -0.0454 e. The average molecular weight is 610 g/mol. The van der Waals surface area contributed by atoms with E-state index in [1.165, 1.54) is 48.3 Å². The van der Waals surface area contributed by atoms with Crippen molar-refractivity contribution in [2.24, 2.45) is 0 Å². The quantitative estimate of drug-likeness (QED) is 0.277. The predicted molar refractivity (Wildman–Crippen MR) is 123 cm³/mol. The van der Waals surface area contributed by atoms with E-state index in [1.54, 1.807) is 0 Å². The van der Waals surface area contributed by atoms with Crippen LogP contribution in [0.3, 0.4) is 0 Å². The second-order valence-corrected chi connectivity index (χ2v) is 8.81. The molecule has 3 aliphatic rings. The molecular weight excluding hydrogens is 594 g/mol. The second kappa shape index (κ2) is 12.0. The maximum atomic E-state index is 4.17. The van der Waals surface area contributed by atoms with Crippen LogP contribution in [0.15, 0.2) is 70.1 Å². The molecule has 3 aromatic carbocycles. The van der Waals surface area contributed by atoms with Crippen molar-refractivity contribution >= 4 is 48.2 Å². The Balaban J connectivity index is 0.000000186. The van der Waals surface area contributed by atoms with E-state index in [4.69, 9.17) is 0 Å². The van der Waals surface area contributed by atoms with Gasteiger partial charge in [-0.15, -0.1) is 88.6 Å². The summed E-state index contributed by atoms with van der Waals surface area (Å²) in [5.41, 5.74) is 10.9. The van der Waals surface area contributed by atoms with Crippen LogP contribution in [-0.2, 0) is 29.1 Å². The minimum atomic E-state index is 0. The fraction of sp³-hybridized carbons (Fsp3) is 0.0833. The molecule has 3 aromatic rings. The molecule has 6 rings (SSSR count). The largest absolute Gasteiger partial charge is 0.147 e. The molecule has 2 aliphatic carbocycles. The standard InChI is InChI=1S/C13H9.C11H6BrS.2ClH.S.Zr/c1-3-7-12-10(5-1)9-11-6-2-4-8-13(11)12;12-11-10-8(6-13-11)5-7-3-1-2-4-9(7)10;;;;/h1-7H,9H2;1-2,4-5H,6H2;2*1H;;/q2*-1;;;;+2/p-2. The van der Waals surface area contributed by atoms with Gasteiger partial charge in [-0.2, -0.15) is 0 Å². The Labute approximate surface area is 221 Å². The van der Waals surface area contributed by atoms with E-state index in [9.17, 15) is 0 Å². The summed E-state index contributed by atoms with van der Waals surface area (Å²) in [7, 11) is 4.17. The zero-order valence-corrected chi connectivity index (χ0v) is 22.9. The minimum absolute atomic E-state index is 0. The van der Waals surface area contributed by atoms with Gasteiger partial charge in [-0.05, 0) is 27.9 Å². The Hall–Kier alpha value is -0.347. The monoisotopic (exact) mass is 606 g/mol. The van der Waals surface area contributed by atoms with Crippen molar-refractivity contribution in [2.45, 2.75) is 6.42 Å². The first-order valence-electron chi connectivity index (χ1n) is 8.84. The third-order valence-electron chi connectivity index (χ3n) is 4.96. The molecule has 0 bridgehead atoms. The van der Waals surface area contributed by atoms with Crippen molar-refractivity contribution in [1.29, 1.82) is 0 Å². The van der Waals surface area contributed by atoms with Crippen molar-refractivity contribution in [3.8, 4) is 11.1 Å².